The first kappa shape index (κ1) is 13.5. The molecule has 2 rings (SSSR count). The minimum absolute atomic E-state index is 0.0270. The molecule has 0 spiro atoms. The van der Waals surface area contributed by atoms with Crippen LogP contribution in [0.25, 0.3) is 10.9 Å². The zero-order valence-corrected chi connectivity index (χ0v) is 11.6. The summed E-state index contributed by atoms with van der Waals surface area (Å²) >= 11 is 0. The number of nitrogens with zero attached hydrogens (tertiary/aromatic N) is 1. The predicted molar refractivity (Wildman–Crippen MR) is 76.3 cm³/mol. The summed E-state index contributed by atoms with van der Waals surface area (Å²) in [5.74, 6) is 0.749. The molecule has 4 heteroatoms. The lowest BCUT2D eigenvalue weighted by Gasteiger charge is -2.23. The fourth-order valence-corrected chi connectivity index (χ4v) is 2.15. The van der Waals surface area contributed by atoms with E-state index in [1.54, 1.807) is 11.8 Å². The van der Waals surface area contributed by atoms with E-state index in [0.29, 0.717) is 13.1 Å². The van der Waals surface area contributed by atoms with Crippen molar-refractivity contribution in [1.82, 2.24) is 9.88 Å². The van der Waals surface area contributed by atoms with Crippen LogP contribution in [0.5, 0.6) is 5.75 Å². The number of hydrogen-bond donors (Lipinski definition) is 1. The number of benzene rings is 1. The Bertz CT molecular complexity index is 558. The molecule has 4 nitrogen and oxygen atoms in total. The molecular formula is C15H20N2O2. The lowest BCUT2D eigenvalue weighted by molar-refractivity contribution is -0.137. The van der Waals surface area contributed by atoms with Gasteiger partial charge in [-0.1, -0.05) is 0 Å². The van der Waals surface area contributed by atoms with Crippen LogP contribution >= 0.6 is 0 Å². The summed E-state index contributed by atoms with van der Waals surface area (Å²) in [7, 11) is 0. The van der Waals surface area contributed by atoms with Gasteiger partial charge in [-0.2, -0.15) is 0 Å². The third kappa shape index (κ3) is 2.89. The van der Waals surface area contributed by atoms with E-state index in [1.165, 1.54) is 0 Å². The fourth-order valence-electron chi connectivity index (χ4n) is 2.15. The van der Waals surface area contributed by atoms with E-state index >= 15 is 0 Å². The lowest BCUT2D eigenvalue weighted by atomic mass is 10.2. The van der Waals surface area contributed by atoms with Crippen LogP contribution in [0.1, 0.15) is 20.8 Å². The van der Waals surface area contributed by atoms with Gasteiger partial charge < -0.3 is 14.6 Å². The van der Waals surface area contributed by atoms with Gasteiger partial charge in [-0.15, -0.1) is 0 Å². The van der Waals surface area contributed by atoms with Crippen LogP contribution in [-0.4, -0.2) is 35.0 Å². The molecule has 19 heavy (non-hydrogen) atoms. The molecule has 1 unspecified atom stereocenters. The fraction of sp³-hybridized carbons (Fsp3) is 0.400. The Morgan fingerprint density at radius 1 is 1.32 bits per heavy atom. The number of rotatable bonds is 5. The second-order valence-electron chi connectivity index (χ2n) is 4.50. The normalized spacial score (nSPS) is 12.4. The number of aromatic amines is 1. The van der Waals surface area contributed by atoms with Gasteiger partial charge in [0.2, 0.25) is 0 Å². The first-order valence-corrected chi connectivity index (χ1v) is 6.68. The number of aromatic nitrogens is 1. The second-order valence-corrected chi connectivity index (χ2v) is 4.50. The Morgan fingerprint density at radius 2 is 2.05 bits per heavy atom. The molecule has 1 aromatic carbocycles. The second kappa shape index (κ2) is 5.78. The summed E-state index contributed by atoms with van der Waals surface area (Å²) < 4.78 is 5.73. The number of fused-ring (bicyclic) bond motifs is 1. The first-order valence-electron chi connectivity index (χ1n) is 6.68. The largest absolute Gasteiger partial charge is 0.481 e. The molecule has 0 aliphatic heterocycles. The van der Waals surface area contributed by atoms with Crippen molar-refractivity contribution in [3.63, 3.8) is 0 Å². The van der Waals surface area contributed by atoms with Crippen molar-refractivity contribution < 1.29 is 9.53 Å². The van der Waals surface area contributed by atoms with Crippen molar-refractivity contribution >= 4 is 16.8 Å². The molecule has 0 aliphatic carbocycles. The summed E-state index contributed by atoms with van der Waals surface area (Å²) in [5.41, 5.74) is 1.06. The zero-order chi connectivity index (χ0) is 13.8. The van der Waals surface area contributed by atoms with Crippen LogP contribution in [0.2, 0.25) is 0 Å². The number of carbonyl (C=O) groups is 1. The Morgan fingerprint density at radius 3 is 2.74 bits per heavy atom. The highest BCUT2D eigenvalue weighted by molar-refractivity contribution is 5.82. The molecule has 0 saturated heterocycles. The molecule has 1 atom stereocenters. The number of likely N-dealkylation sites (N-methyl/N-ethyl adjacent to an activating group) is 1. The van der Waals surface area contributed by atoms with Gasteiger partial charge in [-0.25, -0.2) is 0 Å². The molecular weight excluding hydrogens is 240 g/mol. The average Bonchev–Trinajstić information content (AvgIpc) is 2.87. The van der Waals surface area contributed by atoms with E-state index in [2.05, 4.69) is 4.98 Å². The van der Waals surface area contributed by atoms with Crippen LogP contribution in [-0.2, 0) is 4.79 Å². The zero-order valence-electron chi connectivity index (χ0n) is 11.6. The van der Waals surface area contributed by atoms with Gasteiger partial charge in [-0.3, -0.25) is 4.79 Å². The van der Waals surface area contributed by atoms with Gasteiger partial charge in [0.15, 0.2) is 6.10 Å². The summed E-state index contributed by atoms with van der Waals surface area (Å²) in [6.07, 6.45) is 1.43. The van der Waals surface area contributed by atoms with Crippen molar-refractivity contribution in [2.45, 2.75) is 26.9 Å². The van der Waals surface area contributed by atoms with Crippen molar-refractivity contribution in [1.29, 1.82) is 0 Å². The topological polar surface area (TPSA) is 45.3 Å². The smallest absolute Gasteiger partial charge is 0.263 e. The number of amides is 1. The number of ether oxygens (including phenoxy) is 1. The van der Waals surface area contributed by atoms with Crippen molar-refractivity contribution in [3.05, 3.63) is 30.5 Å². The number of H-pyrrole nitrogens is 1. The Balaban J connectivity index is 2.09. The minimum Gasteiger partial charge on any atom is -0.481 e. The Hall–Kier alpha value is -1.97. The van der Waals surface area contributed by atoms with Gasteiger partial charge in [-0.05, 0) is 45.0 Å². The van der Waals surface area contributed by atoms with Crippen LogP contribution in [0.3, 0.4) is 0 Å². The maximum atomic E-state index is 12.1. The third-order valence-corrected chi connectivity index (χ3v) is 3.26. The van der Waals surface area contributed by atoms with E-state index in [0.717, 1.165) is 16.7 Å². The predicted octanol–water partition coefficient (Wildman–Crippen LogP) is 2.80. The van der Waals surface area contributed by atoms with Crippen LogP contribution in [0.4, 0.5) is 0 Å². The van der Waals surface area contributed by atoms with Crippen LogP contribution in [0, 0.1) is 0 Å². The van der Waals surface area contributed by atoms with Crippen molar-refractivity contribution in [2.75, 3.05) is 13.1 Å². The summed E-state index contributed by atoms with van der Waals surface area (Å²) in [5, 5.41) is 1.08. The average molecular weight is 260 g/mol. The SMILES string of the molecule is CCN(CC)C(=O)C(C)Oc1ccc2[nH]ccc2c1. The third-order valence-electron chi connectivity index (χ3n) is 3.26. The van der Waals surface area contributed by atoms with Crippen LogP contribution in [0.15, 0.2) is 30.5 Å². The molecule has 0 fully saturated rings. The van der Waals surface area contributed by atoms with Crippen LogP contribution < -0.4 is 4.74 Å². The Labute approximate surface area is 113 Å². The highest BCUT2D eigenvalue weighted by Crippen LogP contribution is 2.20. The number of nitrogens with one attached hydrogen (secondary N) is 1. The van der Waals surface area contributed by atoms with E-state index in [-0.39, 0.29) is 5.91 Å². The molecule has 2 aromatic rings. The molecule has 0 aliphatic rings. The highest BCUT2D eigenvalue weighted by atomic mass is 16.5. The van der Waals surface area contributed by atoms with Crippen molar-refractivity contribution in [2.24, 2.45) is 0 Å². The monoisotopic (exact) mass is 260 g/mol. The molecule has 1 heterocycles. The summed E-state index contributed by atoms with van der Waals surface area (Å²) in [4.78, 5) is 17.0. The van der Waals surface area contributed by atoms with Gasteiger partial charge in [0.1, 0.15) is 5.75 Å². The maximum absolute atomic E-state index is 12.1. The van der Waals surface area contributed by atoms with Gasteiger partial charge in [0.05, 0.1) is 0 Å². The van der Waals surface area contributed by atoms with E-state index in [9.17, 15) is 4.79 Å². The maximum Gasteiger partial charge on any atom is 0.263 e. The molecule has 1 aromatic heterocycles. The minimum atomic E-state index is -0.462. The molecule has 1 amide bonds. The quantitative estimate of drug-likeness (QED) is 0.898. The standard InChI is InChI=1S/C15H20N2O2/c1-4-17(5-2)15(18)11(3)19-13-6-7-14-12(10-13)8-9-16-14/h6-11,16H,4-5H2,1-3H3. The molecule has 0 radical (unpaired) electrons. The molecule has 0 bridgehead atoms. The van der Waals surface area contributed by atoms with E-state index in [4.69, 9.17) is 4.74 Å². The van der Waals surface area contributed by atoms with Gasteiger partial charge >= 0.3 is 0 Å². The Kier molecular flexibility index (Phi) is 4.10. The van der Waals surface area contributed by atoms with E-state index < -0.39 is 6.10 Å². The van der Waals surface area contributed by atoms with E-state index in [1.807, 2.05) is 44.3 Å². The highest BCUT2D eigenvalue weighted by Gasteiger charge is 2.19. The van der Waals surface area contributed by atoms with Crippen molar-refractivity contribution in [3.8, 4) is 5.75 Å². The lowest BCUT2D eigenvalue weighted by Crippen LogP contribution is -2.40. The summed E-state index contributed by atoms with van der Waals surface area (Å²) in [6.45, 7) is 7.15. The van der Waals surface area contributed by atoms with Gasteiger partial charge in [0.25, 0.3) is 5.91 Å². The first-order chi connectivity index (χ1) is 9.15. The summed E-state index contributed by atoms with van der Waals surface area (Å²) in [6, 6.07) is 7.76. The molecule has 102 valence electrons. The molecule has 0 saturated carbocycles. The van der Waals surface area contributed by atoms with Gasteiger partial charge in [0, 0.05) is 30.2 Å². The number of carbonyl (C=O) groups excluding carboxylic acids is 1. The molecule has 1 N–H and O–H groups in total. The number of hydrogen-bond acceptors (Lipinski definition) is 2.